The van der Waals surface area contributed by atoms with E-state index in [2.05, 4.69) is 10.2 Å². The fourth-order valence-electron chi connectivity index (χ4n) is 3.79. The Morgan fingerprint density at radius 3 is 2.57 bits per heavy atom. The number of carbonyl (C=O) groups is 2. The summed E-state index contributed by atoms with van der Waals surface area (Å²) in [5, 5.41) is 6.74. The van der Waals surface area contributed by atoms with Crippen molar-refractivity contribution in [3.8, 4) is 16.9 Å². The lowest BCUT2D eigenvalue weighted by atomic mass is 9.89. The third kappa shape index (κ3) is 3.16. The summed E-state index contributed by atoms with van der Waals surface area (Å²) >= 11 is 0. The highest BCUT2D eigenvalue weighted by molar-refractivity contribution is 5.99. The monoisotopic (exact) mass is 405 g/mol. The lowest BCUT2D eigenvalue weighted by molar-refractivity contribution is -0.127. The van der Waals surface area contributed by atoms with Crippen LogP contribution >= 0.6 is 0 Å². The van der Waals surface area contributed by atoms with Crippen molar-refractivity contribution in [2.75, 3.05) is 25.1 Å². The molecular formula is C22H23N5O3. The Morgan fingerprint density at radius 1 is 1.17 bits per heavy atom. The highest BCUT2D eigenvalue weighted by Crippen LogP contribution is 2.35. The number of primary amides is 1. The number of ether oxygens (including phenoxy) is 1. The zero-order valence-electron chi connectivity index (χ0n) is 16.8. The van der Waals surface area contributed by atoms with Crippen LogP contribution in [-0.2, 0) is 10.3 Å². The fourth-order valence-corrected chi connectivity index (χ4v) is 3.79. The Labute approximate surface area is 174 Å². The molecule has 2 aromatic carbocycles. The number of methoxy groups -OCH3 is 1. The van der Waals surface area contributed by atoms with Gasteiger partial charge in [0.1, 0.15) is 11.3 Å². The number of carbonyl (C=O) groups excluding carboxylic acids is 2. The number of urea groups is 1. The molecule has 2 heterocycles. The molecule has 1 atom stereocenters. The lowest BCUT2D eigenvalue weighted by Crippen LogP contribution is -2.54. The van der Waals surface area contributed by atoms with E-state index in [-0.39, 0.29) is 6.03 Å². The maximum absolute atomic E-state index is 13.3. The first-order chi connectivity index (χ1) is 14.4. The molecule has 30 heavy (non-hydrogen) atoms. The minimum atomic E-state index is -1.29. The number of amides is 3. The molecule has 154 valence electrons. The van der Waals surface area contributed by atoms with Gasteiger partial charge in [-0.25, -0.2) is 4.79 Å². The van der Waals surface area contributed by atoms with Crippen molar-refractivity contribution >= 4 is 17.6 Å². The van der Waals surface area contributed by atoms with Gasteiger partial charge in [0.05, 0.1) is 13.3 Å². The maximum Gasteiger partial charge on any atom is 0.325 e. The summed E-state index contributed by atoms with van der Waals surface area (Å²) < 4.78 is 5.28. The molecule has 1 unspecified atom stereocenters. The van der Waals surface area contributed by atoms with Gasteiger partial charge in [-0.3, -0.25) is 14.8 Å². The van der Waals surface area contributed by atoms with Crippen molar-refractivity contribution < 1.29 is 14.3 Å². The summed E-state index contributed by atoms with van der Waals surface area (Å²) in [6, 6.07) is 14.5. The lowest BCUT2D eigenvalue weighted by Gasteiger charge is -2.36. The van der Waals surface area contributed by atoms with Gasteiger partial charge >= 0.3 is 6.03 Å². The molecule has 3 N–H and O–H groups in total. The number of H-pyrrole nitrogens is 1. The second kappa shape index (κ2) is 7.55. The molecule has 8 nitrogen and oxygen atoms in total. The summed E-state index contributed by atoms with van der Waals surface area (Å²) in [4.78, 5) is 29.0. The summed E-state index contributed by atoms with van der Waals surface area (Å²) in [6.45, 7) is 2.50. The highest BCUT2D eigenvalue weighted by atomic mass is 16.5. The minimum Gasteiger partial charge on any atom is -0.497 e. The predicted octanol–water partition coefficient (Wildman–Crippen LogP) is 2.73. The molecular weight excluding hydrogens is 382 g/mol. The summed E-state index contributed by atoms with van der Waals surface area (Å²) in [6.07, 6.45) is 3.55. The number of hydrogen-bond donors (Lipinski definition) is 2. The molecule has 0 radical (unpaired) electrons. The summed E-state index contributed by atoms with van der Waals surface area (Å²) in [5.41, 5.74) is 7.83. The highest BCUT2D eigenvalue weighted by Gasteiger charge is 2.47. The molecule has 4 rings (SSSR count). The fraction of sp³-hybridized carbons (Fsp3) is 0.227. The minimum absolute atomic E-state index is 0.268. The number of hydrogen-bond acceptors (Lipinski definition) is 4. The number of anilines is 1. The summed E-state index contributed by atoms with van der Waals surface area (Å²) in [5.74, 6) is -0.000397. The average molecular weight is 405 g/mol. The van der Waals surface area contributed by atoms with Crippen LogP contribution in [0.25, 0.3) is 11.1 Å². The molecule has 1 fully saturated rings. The third-order valence-electron chi connectivity index (χ3n) is 5.67. The van der Waals surface area contributed by atoms with Crippen molar-refractivity contribution in [1.82, 2.24) is 15.1 Å². The number of nitrogens with zero attached hydrogens (tertiary/aromatic N) is 3. The van der Waals surface area contributed by atoms with E-state index in [4.69, 9.17) is 10.5 Å². The summed E-state index contributed by atoms with van der Waals surface area (Å²) in [7, 11) is 1.55. The van der Waals surface area contributed by atoms with Crippen molar-refractivity contribution in [3.05, 3.63) is 66.5 Å². The molecule has 3 amide bonds. The van der Waals surface area contributed by atoms with Crippen LogP contribution in [0.15, 0.2) is 60.9 Å². The number of nitrogens with one attached hydrogen (secondary N) is 1. The number of aromatic nitrogens is 2. The van der Waals surface area contributed by atoms with E-state index in [9.17, 15) is 9.59 Å². The molecule has 0 aliphatic carbocycles. The number of nitrogens with two attached hydrogens (primary N) is 1. The Balaban J connectivity index is 1.63. The van der Waals surface area contributed by atoms with Crippen LogP contribution in [0, 0.1) is 0 Å². The van der Waals surface area contributed by atoms with E-state index in [1.165, 1.54) is 4.90 Å². The van der Waals surface area contributed by atoms with Crippen molar-refractivity contribution in [2.45, 2.75) is 12.5 Å². The first-order valence-corrected chi connectivity index (χ1v) is 9.58. The van der Waals surface area contributed by atoms with Crippen LogP contribution in [0.4, 0.5) is 10.5 Å². The van der Waals surface area contributed by atoms with E-state index in [0.717, 1.165) is 16.8 Å². The topological polar surface area (TPSA) is 105 Å². The predicted molar refractivity (Wildman–Crippen MR) is 113 cm³/mol. The van der Waals surface area contributed by atoms with Gasteiger partial charge in [-0.05, 0) is 42.3 Å². The van der Waals surface area contributed by atoms with Gasteiger partial charge < -0.3 is 15.4 Å². The van der Waals surface area contributed by atoms with Gasteiger partial charge in [0.2, 0.25) is 5.91 Å². The average Bonchev–Trinajstić information content (AvgIpc) is 3.43. The van der Waals surface area contributed by atoms with Crippen LogP contribution < -0.4 is 15.4 Å². The normalized spacial score (nSPS) is 15.9. The number of aromatic amines is 1. The van der Waals surface area contributed by atoms with Crippen LogP contribution in [0.1, 0.15) is 12.5 Å². The largest absolute Gasteiger partial charge is 0.497 e. The van der Waals surface area contributed by atoms with Crippen LogP contribution in [-0.4, -0.2) is 47.2 Å². The van der Waals surface area contributed by atoms with Crippen molar-refractivity contribution in [2.24, 2.45) is 5.73 Å². The standard InChI is InChI=1S/C22H23N5O3/c1-22(20(23)28,17-4-3-5-19(12-17)30-2)27-11-10-26(21(27)29)18-8-6-15(7-9-18)16-13-24-25-14-16/h3-9,12-14H,10-11H2,1-2H3,(H2,23,28)(H,24,25). The molecule has 1 saturated heterocycles. The number of benzene rings is 2. The Morgan fingerprint density at radius 2 is 1.93 bits per heavy atom. The molecule has 1 aliphatic heterocycles. The molecule has 1 aromatic heterocycles. The zero-order chi connectivity index (χ0) is 21.3. The zero-order valence-corrected chi connectivity index (χ0v) is 16.8. The van der Waals surface area contributed by atoms with Crippen molar-refractivity contribution in [3.63, 3.8) is 0 Å². The Kier molecular flexibility index (Phi) is 4.91. The molecule has 0 bridgehead atoms. The first-order valence-electron chi connectivity index (χ1n) is 9.58. The first kappa shape index (κ1) is 19.5. The Hall–Kier alpha value is -3.81. The van der Waals surface area contributed by atoms with E-state index in [1.807, 2.05) is 30.5 Å². The van der Waals surface area contributed by atoms with Gasteiger partial charge in [-0.15, -0.1) is 0 Å². The quantitative estimate of drug-likeness (QED) is 0.658. The third-order valence-corrected chi connectivity index (χ3v) is 5.67. The van der Waals surface area contributed by atoms with E-state index < -0.39 is 11.4 Å². The second-order valence-electron chi connectivity index (χ2n) is 7.29. The van der Waals surface area contributed by atoms with Crippen LogP contribution in [0.2, 0.25) is 0 Å². The molecule has 1 aliphatic rings. The van der Waals surface area contributed by atoms with Gasteiger partial charge in [0, 0.05) is 30.5 Å². The maximum atomic E-state index is 13.3. The van der Waals surface area contributed by atoms with Crippen LogP contribution in [0.5, 0.6) is 5.75 Å². The van der Waals surface area contributed by atoms with Gasteiger partial charge in [-0.2, -0.15) is 5.10 Å². The van der Waals surface area contributed by atoms with Gasteiger partial charge in [0.15, 0.2) is 0 Å². The van der Waals surface area contributed by atoms with Gasteiger partial charge in [-0.1, -0.05) is 24.3 Å². The molecule has 8 heteroatoms. The smallest absolute Gasteiger partial charge is 0.325 e. The number of rotatable bonds is 6. The van der Waals surface area contributed by atoms with Crippen LogP contribution in [0.3, 0.4) is 0 Å². The molecule has 0 saturated carbocycles. The Bertz CT molecular complexity index is 1060. The van der Waals surface area contributed by atoms with Gasteiger partial charge in [0.25, 0.3) is 0 Å². The SMILES string of the molecule is COc1cccc(C(C)(C(N)=O)N2CCN(c3ccc(-c4cn[nH]c4)cc3)C2=O)c1. The van der Waals surface area contributed by atoms with E-state index in [1.54, 1.807) is 49.4 Å². The van der Waals surface area contributed by atoms with E-state index in [0.29, 0.717) is 24.4 Å². The van der Waals surface area contributed by atoms with E-state index >= 15 is 0 Å². The molecule has 3 aromatic rings. The molecule has 0 spiro atoms. The van der Waals surface area contributed by atoms with Crippen molar-refractivity contribution in [1.29, 1.82) is 0 Å². The second-order valence-corrected chi connectivity index (χ2v) is 7.29.